The zero-order valence-electron chi connectivity index (χ0n) is 20.1. The van der Waals surface area contributed by atoms with Crippen molar-refractivity contribution in [2.24, 2.45) is 0 Å². The van der Waals surface area contributed by atoms with E-state index in [-0.39, 0.29) is 11.3 Å². The monoisotopic (exact) mass is 454 g/mol. The number of hydrogen-bond acceptors (Lipinski definition) is 4. The van der Waals surface area contributed by atoms with Crippen LogP contribution in [0.15, 0.2) is 42.5 Å². The van der Waals surface area contributed by atoms with Crippen LogP contribution in [0.3, 0.4) is 0 Å². The standard InChI is InChI=1S/C28H38O5/c1-3-5-7-9-10-14-18-23-24(27(29)30)19-20-25(32-21-15-8-6-4-2)26(23)33-28(31)22-16-12-11-13-17-22/h11-13,16-17,19-20H,3-10,14-15,18,21H2,1-2H3,(H,29,30). The molecule has 0 spiro atoms. The summed E-state index contributed by atoms with van der Waals surface area (Å²) in [6.07, 6.45) is 11.3. The van der Waals surface area contributed by atoms with Crippen molar-refractivity contribution in [3.63, 3.8) is 0 Å². The Kier molecular flexibility index (Phi) is 12.1. The van der Waals surface area contributed by atoms with Gasteiger partial charge in [0.05, 0.1) is 17.7 Å². The third-order valence-corrected chi connectivity index (χ3v) is 5.69. The number of hydrogen-bond donors (Lipinski definition) is 1. The molecule has 0 heterocycles. The zero-order chi connectivity index (χ0) is 23.9. The number of carboxylic acid groups (broad SMARTS) is 1. The number of carbonyl (C=O) groups is 2. The van der Waals surface area contributed by atoms with Gasteiger partial charge in [-0.2, -0.15) is 0 Å². The smallest absolute Gasteiger partial charge is 0.343 e. The van der Waals surface area contributed by atoms with Gasteiger partial charge in [0.15, 0.2) is 11.5 Å². The summed E-state index contributed by atoms with van der Waals surface area (Å²) in [5, 5.41) is 9.80. The Bertz CT molecular complexity index is 860. The van der Waals surface area contributed by atoms with Gasteiger partial charge in [-0.05, 0) is 43.5 Å². The Hall–Kier alpha value is -2.82. The topological polar surface area (TPSA) is 72.8 Å². The Morgan fingerprint density at radius 1 is 0.788 bits per heavy atom. The number of ether oxygens (including phenoxy) is 2. The fourth-order valence-electron chi connectivity index (χ4n) is 3.80. The summed E-state index contributed by atoms with van der Waals surface area (Å²) in [6.45, 7) is 4.83. The molecular weight excluding hydrogens is 416 g/mol. The van der Waals surface area contributed by atoms with E-state index in [0.717, 1.165) is 44.9 Å². The van der Waals surface area contributed by atoms with Crippen LogP contribution in [0.1, 0.15) is 104 Å². The van der Waals surface area contributed by atoms with Crippen LogP contribution in [0.2, 0.25) is 0 Å². The number of aromatic carboxylic acids is 1. The van der Waals surface area contributed by atoms with Crippen LogP contribution in [0.25, 0.3) is 0 Å². The summed E-state index contributed by atoms with van der Waals surface area (Å²) in [5.41, 5.74) is 1.11. The number of carboxylic acids is 1. The number of esters is 1. The fourth-order valence-corrected chi connectivity index (χ4v) is 3.80. The molecule has 0 amide bonds. The van der Waals surface area contributed by atoms with Crippen LogP contribution in [0.4, 0.5) is 0 Å². The molecule has 0 aliphatic carbocycles. The molecule has 2 aromatic carbocycles. The van der Waals surface area contributed by atoms with E-state index < -0.39 is 11.9 Å². The first-order chi connectivity index (χ1) is 16.1. The van der Waals surface area contributed by atoms with Crippen LogP contribution in [0.5, 0.6) is 11.5 Å². The quantitative estimate of drug-likeness (QED) is 0.162. The van der Waals surface area contributed by atoms with E-state index in [9.17, 15) is 14.7 Å². The van der Waals surface area contributed by atoms with Gasteiger partial charge in [-0.1, -0.05) is 83.4 Å². The van der Waals surface area contributed by atoms with Crippen LogP contribution in [0, 0.1) is 0 Å². The molecule has 0 aliphatic heterocycles. The predicted molar refractivity (Wildman–Crippen MR) is 132 cm³/mol. The normalized spacial score (nSPS) is 10.7. The summed E-state index contributed by atoms with van der Waals surface area (Å²) in [7, 11) is 0. The Balaban J connectivity index is 2.27. The maximum atomic E-state index is 12.8. The molecule has 33 heavy (non-hydrogen) atoms. The molecule has 5 nitrogen and oxygen atoms in total. The van der Waals surface area contributed by atoms with Crippen LogP contribution < -0.4 is 9.47 Å². The van der Waals surface area contributed by atoms with Gasteiger partial charge in [0, 0.05) is 5.56 Å². The van der Waals surface area contributed by atoms with Gasteiger partial charge in [-0.3, -0.25) is 0 Å². The van der Waals surface area contributed by atoms with Crippen LogP contribution >= 0.6 is 0 Å². The van der Waals surface area contributed by atoms with E-state index in [1.807, 2.05) is 6.07 Å². The lowest BCUT2D eigenvalue weighted by molar-refractivity contribution is 0.0683. The van der Waals surface area contributed by atoms with Gasteiger partial charge in [-0.15, -0.1) is 0 Å². The predicted octanol–water partition coefficient (Wildman–Crippen LogP) is 7.47. The molecule has 0 saturated heterocycles. The summed E-state index contributed by atoms with van der Waals surface area (Å²) in [4.78, 5) is 24.8. The van der Waals surface area contributed by atoms with Crippen molar-refractivity contribution < 1.29 is 24.2 Å². The Morgan fingerprint density at radius 3 is 2.09 bits per heavy atom. The van der Waals surface area contributed by atoms with Crippen molar-refractivity contribution in [3.05, 3.63) is 59.2 Å². The first kappa shape index (κ1) is 26.4. The number of rotatable bonds is 16. The highest BCUT2D eigenvalue weighted by atomic mass is 16.6. The summed E-state index contributed by atoms with van der Waals surface area (Å²) in [5.74, 6) is -0.866. The highest BCUT2D eigenvalue weighted by Gasteiger charge is 2.22. The second kappa shape index (κ2) is 15.1. The van der Waals surface area contributed by atoms with Gasteiger partial charge < -0.3 is 14.6 Å². The molecule has 5 heteroatoms. The van der Waals surface area contributed by atoms with Crippen LogP contribution in [-0.4, -0.2) is 23.7 Å². The van der Waals surface area contributed by atoms with E-state index in [4.69, 9.17) is 9.47 Å². The number of unbranched alkanes of at least 4 members (excludes halogenated alkanes) is 8. The maximum absolute atomic E-state index is 12.8. The van der Waals surface area contributed by atoms with Crippen molar-refractivity contribution in [1.82, 2.24) is 0 Å². The van der Waals surface area contributed by atoms with Crippen molar-refractivity contribution >= 4 is 11.9 Å². The van der Waals surface area contributed by atoms with Crippen LogP contribution in [-0.2, 0) is 6.42 Å². The summed E-state index contributed by atoms with van der Waals surface area (Å²) in [6, 6.07) is 11.9. The SMILES string of the molecule is CCCCCCCCc1c(C(=O)O)ccc(OCCCCCC)c1OC(=O)c1ccccc1. The molecular formula is C28H38O5. The first-order valence-corrected chi connectivity index (χ1v) is 12.4. The molecule has 0 saturated carbocycles. The summed E-state index contributed by atoms with van der Waals surface area (Å²) < 4.78 is 11.8. The minimum atomic E-state index is -1.03. The molecule has 0 aliphatic rings. The highest BCUT2D eigenvalue weighted by Crippen LogP contribution is 2.36. The number of benzene rings is 2. The molecule has 0 bridgehead atoms. The zero-order valence-corrected chi connectivity index (χ0v) is 20.1. The average molecular weight is 455 g/mol. The first-order valence-electron chi connectivity index (χ1n) is 12.4. The molecule has 2 rings (SSSR count). The van der Waals surface area contributed by atoms with Crippen molar-refractivity contribution in [1.29, 1.82) is 0 Å². The van der Waals surface area contributed by atoms with Gasteiger partial charge in [0.2, 0.25) is 0 Å². The summed E-state index contributed by atoms with van der Waals surface area (Å²) >= 11 is 0. The van der Waals surface area contributed by atoms with Crippen molar-refractivity contribution in [3.8, 4) is 11.5 Å². The van der Waals surface area contributed by atoms with E-state index in [0.29, 0.717) is 29.9 Å². The van der Waals surface area contributed by atoms with Crippen molar-refractivity contribution in [2.45, 2.75) is 84.5 Å². The van der Waals surface area contributed by atoms with Gasteiger partial charge in [0.1, 0.15) is 0 Å². The van der Waals surface area contributed by atoms with Gasteiger partial charge >= 0.3 is 11.9 Å². The molecule has 0 fully saturated rings. The Morgan fingerprint density at radius 2 is 1.42 bits per heavy atom. The van der Waals surface area contributed by atoms with E-state index in [1.165, 1.54) is 19.3 Å². The average Bonchev–Trinajstić information content (AvgIpc) is 2.82. The molecule has 2 aromatic rings. The largest absolute Gasteiger partial charge is 0.490 e. The third kappa shape index (κ3) is 8.91. The van der Waals surface area contributed by atoms with E-state index in [2.05, 4.69) is 13.8 Å². The lowest BCUT2D eigenvalue weighted by atomic mass is 9.98. The molecule has 0 unspecified atom stereocenters. The second-order valence-corrected chi connectivity index (χ2v) is 8.41. The maximum Gasteiger partial charge on any atom is 0.343 e. The Labute approximate surface area is 198 Å². The lowest BCUT2D eigenvalue weighted by Gasteiger charge is -2.18. The lowest BCUT2D eigenvalue weighted by Crippen LogP contribution is -2.14. The van der Waals surface area contributed by atoms with Gasteiger partial charge in [0.25, 0.3) is 0 Å². The minimum Gasteiger partial charge on any atom is -0.490 e. The molecule has 0 atom stereocenters. The molecule has 0 aromatic heterocycles. The third-order valence-electron chi connectivity index (χ3n) is 5.69. The number of carbonyl (C=O) groups excluding carboxylic acids is 1. The highest BCUT2D eigenvalue weighted by molar-refractivity contribution is 5.94. The minimum absolute atomic E-state index is 0.165. The van der Waals surface area contributed by atoms with Crippen molar-refractivity contribution in [2.75, 3.05) is 6.61 Å². The molecule has 1 N–H and O–H groups in total. The molecule has 180 valence electrons. The van der Waals surface area contributed by atoms with E-state index >= 15 is 0 Å². The second-order valence-electron chi connectivity index (χ2n) is 8.41. The van der Waals surface area contributed by atoms with E-state index in [1.54, 1.807) is 36.4 Å². The van der Waals surface area contributed by atoms with Gasteiger partial charge in [-0.25, -0.2) is 9.59 Å². The molecule has 0 radical (unpaired) electrons. The fraction of sp³-hybridized carbons (Fsp3) is 0.500.